The number of anilines is 1. The number of carbonyl (C=O) groups is 1. The van der Waals surface area contributed by atoms with Gasteiger partial charge < -0.3 is 19.4 Å². The van der Waals surface area contributed by atoms with Gasteiger partial charge in [0.25, 0.3) is 5.56 Å². The number of benzene rings is 2. The van der Waals surface area contributed by atoms with Gasteiger partial charge in [0.05, 0.1) is 12.1 Å². The molecule has 0 atom stereocenters. The fraction of sp³-hybridized carbons (Fsp3) is 0.240. The summed E-state index contributed by atoms with van der Waals surface area (Å²) in [7, 11) is 1.63. The Bertz CT molecular complexity index is 1470. The van der Waals surface area contributed by atoms with E-state index in [9.17, 15) is 18.4 Å². The number of halogens is 2. The normalized spacial score (nSPS) is 11.5. The predicted molar refractivity (Wildman–Crippen MR) is 127 cm³/mol. The van der Waals surface area contributed by atoms with Crippen LogP contribution in [0.15, 0.2) is 59.5 Å². The van der Waals surface area contributed by atoms with Gasteiger partial charge in [-0.25, -0.2) is 23.1 Å². The van der Waals surface area contributed by atoms with Crippen LogP contribution in [0.3, 0.4) is 0 Å². The van der Waals surface area contributed by atoms with Crippen LogP contribution >= 0.6 is 0 Å². The van der Waals surface area contributed by atoms with Crippen LogP contribution in [-0.2, 0) is 11.3 Å². The first kappa shape index (κ1) is 23.9. The van der Waals surface area contributed by atoms with Gasteiger partial charge >= 0.3 is 6.09 Å². The monoisotopic (exact) mass is 482 g/mol. The van der Waals surface area contributed by atoms with Gasteiger partial charge in [0, 0.05) is 19.3 Å². The average Bonchev–Trinajstić information content (AvgIpc) is 3.15. The number of fused-ring (bicyclic) bond motifs is 1. The van der Waals surface area contributed by atoms with E-state index in [0.29, 0.717) is 17.3 Å². The number of aromatic nitrogens is 3. The summed E-state index contributed by atoms with van der Waals surface area (Å²) >= 11 is 0. The molecule has 2 aromatic carbocycles. The molecule has 0 bridgehead atoms. The zero-order valence-corrected chi connectivity index (χ0v) is 19.6. The second kappa shape index (κ2) is 9.21. The van der Waals surface area contributed by atoms with Crippen LogP contribution in [-0.4, -0.2) is 32.9 Å². The molecule has 0 unspecified atom stereocenters. The molecule has 0 saturated heterocycles. The summed E-state index contributed by atoms with van der Waals surface area (Å²) < 4.78 is 41.5. The van der Waals surface area contributed by atoms with Gasteiger partial charge in [-0.1, -0.05) is 6.07 Å². The molecule has 2 heterocycles. The minimum Gasteiger partial charge on any atom is -0.452 e. The number of hydrogen-bond acceptors (Lipinski definition) is 6. The first-order valence-electron chi connectivity index (χ1n) is 10.8. The van der Waals surface area contributed by atoms with Crippen LogP contribution in [0.2, 0.25) is 0 Å². The Morgan fingerprint density at radius 2 is 1.86 bits per heavy atom. The molecule has 2 aromatic heterocycles. The molecular weight excluding hydrogens is 458 g/mol. The van der Waals surface area contributed by atoms with Gasteiger partial charge in [-0.05, 0) is 57.2 Å². The fourth-order valence-electron chi connectivity index (χ4n) is 3.50. The van der Waals surface area contributed by atoms with Gasteiger partial charge in [0.1, 0.15) is 28.4 Å². The van der Waals surface area contributed by atoms with E-state index in [1.54, 1.807) is 64.3 Å². The second-order valence-electron chi connectivity index (χ2n) is 8.75. The van der Waals surface area contributed by atoms with Crippen molar-refractivity contribution in [1.82, 2.24) is 14.1 Å². The molecule has 4 aromatic rings. The van der Waals surface area contributed by atoms with Crippen molar-refractivity contribution in [2.75, 3.05) is 12.4 Å². The number of hydrogen-bond donors (Lipinski definition) is 1. The summed E-state index contributed by atoms with van der Waals surface area (Å²) in [6.07, 6.45) is 0.880. The van der Waals surface area contributed by atoms with E-state index >= 15 is 0 Å². The highest BCUT2D eigenvalue weighted by atomic mass is 19.1. The summed E-state index contributed by atoms with van der Waals surface area (Å²) in [5.74, 6) is -1.47. The maximum absolute atomic E-state index is 14.2. The molecule has 0 aliphatic heterocycles. The van der Waals surface area contributed by atoms with Crippen molar-refractivity contribution in [2.45, 2.75) is 32.9 Å². The first-order chi connectivity index (χ1) is 16.6. The first-order valence-corrected chi connectivity index (χ1v) is 10.8. The van der Waals surface area contributed by atoms with Crippen LogP contribution in [0.5, 0.6) is 11.5 Å². The van der Waals surface area contributed by atoms with Gasteiger partial charge in [0.2, 0.25) is 0 Å². The van der Waals surface area contributed by atoms with E-state index in [1.165, 1.54) is 9.13 Å². The Hall–Kier alpha value is -4.21. The Kier molecular flexibility index (Phi) is 6.29. The molecule has 4 rings (SSSR count). The average molecular weight is 482 g/mol. The lowest BCUT2D eigenvalue weighted by Crippen LogP contribution is -2.29. The standard InChI is InChI=1S/C25H24F2N4O4/c1-25(2,3)35-24(33)31-18-8-5-9-20(34-19-11-10-15(26)13-16(19)27)22(18)29-21(31)14-30-12-6-7-17(28-4)23(30)32/h5-13,28H,14H2,1-4H3. The van der Waals surface area contributed by atoms with E-state index in [4.69, 9.17) is 9.47 Å². The van der Waals surface area contributed by atoms with Crippen molar-refractivity contribution in [2.24, 2.45) is 0 Å². The number of imidazole rings is 1. The summed E-state index contributed by atoms with van der Waals surface area (Å²) in [6, 6.07) is 11.1. The highest BCUT2D eigenvalue weighted by Gasteiger charge is 2.25. The molecule has 0 aliphatic carbocycles. The molecule has 0 radical (unpaired) electrons. The van der Waals surface area contributed by atoms with Crippen LogP contribution < -0.4 is 15.6 Å². The highest BCUT2D eigenvalue weighted by molar-refractivity contribution is 5.91. The predicted octanol–water partition coefficient (Wildman–Crippen LogP) is 5.14. The lowest BCUT2D eigenvalue weighted by atomic mass is 10.2. The van der Waals surface area contributed by atoms with E-state index in [1.807, 2.05) is 0 Å². The number of pyridine rings is 1. The van der Waals surface area contributed by atoms with Gasteiger partial charge in [-0.2, -0.15) is 0 Å². The Morgan fingerprint density at radius 1 is 1.09 bits per heavy atom. The fourth-order valence-corrected chi connectivity index (χ4v) is 3.50. The van der Waals surface area contributed by atoms with Crippen LogP contribution in [0.1, 0.15) is 26.6 Å². The Balaban J connectivity index is 1.86. The summed E-state index contributed by atoms with van der Waals surface area (Å²) in [6.45, 7) is 5.15. The molecule has 0 fully saturated rings. The van der Waals surface area contributed by atoms with Gasteiger partial charge in [0.15, 0.2) is 17.3 Å². The van der Waals surface area contributed by atoms with Crippen LogP contribution in [0, 0.1) is 11.6 Å². The third kappa shape index (κ3) is 5.01. The minimum atomic E-state index is -0.885. The number of para-hydroxylation sites is 1. The van der Waals surface area contributed by atoms with Crippen molar-refractivity contribution in [3.63, 3.8) is 0 Å². The van der Waals surface area contributed by atoms with E-state index < -0.39 is 23.3 Å². The molecule has 10 heteroatoms. The van der Waals surface area contributed by atoms with Crippen molar-refractivity contribution in [3.05, 3.63) is 82.5 Å². The molecule has 0 aliphatic rings. The number of nitrogens with zero attached hydrogens (tertiary/aromatic N) is 3. The highest BCUT2D eigenvalue weighted by Crippen LogP contribution is 2.32. The quantitative estimate of drug-likeness (QED) is 0.424. The van der Waals surface area contributed by atoms with Crippen molar-refractivity contribution < 1.29 is 23.0 Å². The third-order valence-electron chi connectivity index (χ3n) is 5.01. The molecule has 0 spiro atoms. The number of ether oxygens (including phenoxy) is 2. The Morgan fingerprint density at radius 3 is 2.54 bits per heavy atom. The number of nitrogens with one attached hydrogen (secondary N) is 1. The lowest BCUT2D eigenvalue weighted by Gasteiger charge is -2.20. The van der Waals surface area contributed by atoms with E-state index in [2.05, 4.69) is 10.3 Å². The molecule has 35 heavy (non-hydrogen) atoms. The number of rotatable bonds is 5. The SMILES string of the molecule is CNc1cccn(Cc2nc3c(Oc4ccc(F)cc4F)cccc3n2C(=O)OC(C)(C)C)c1=O. The summed E-state index contributed by atoms with van der Waals surface area (Å²) in [4.78, 5) is 30.5. The smallest absolute Gasteiger partial charge is 0.420 e. The largest absolute Gasteiger partial charge is 0.452 e. The Labute approximate surface area is 199 Å². The second-order valence-corrected chi connectivity index (χ2v) is 8.75. The molecule has 0 amide bonds. The summed E-state index contributed by atoms with van der Waals surface area (Å²) in [5.41, 5.74) is -0.132. The van der Waals surface area contributed by atoms with Gasteiger partial charge in [-0.15, -0.1) is 0 Å². The van der Waals surface area contributed by atoms with Crippen molar-refractivity contribution >= 4 is 22.8 Å². The topological polar surface area (TPSA) is 87.4 Å². The molecular formula is C25H24F2N4O4. The van der Waals surface area contributed by atoms with E-state index in [-0.39, 0.29) is 34.9 Å². The molecule has 182 valence electrons. The van der Waals surface area contributed by atoms with E-state index in [0.717, 1.165) is 12.1 Å². The van der Waals surface area contributed by atoms with Crippen LogP contribution in [0.25, 0.3) is 11.0 Å². The zero-order valence-electron chi connectivity index (χ0n) is 19.6. The summed E-state index contributed by atoms with van der Waals surface area (Å²) in [5, 5.41) is 2.83. The zero-order chi connectivity index (χ0) is 25.3. The lowest BCUT2D eigenvalue weighted by molar-refractivity contribution is 0.0538. The van der Waals surface area contributed by atoms with Crippen molar-refractivity contribution in [1.29, 1.82) is 0 Å². The van der Waals surface area contributed by atoms with Crippen molar-refractivity contribution in [3.8, 4) is 11.5 Å². The molecule has 8 nitrogen and oxygen atoms in total. The third-order valence-corrected chi connectivity index (χ3v) is 5.01. The number of carbonyl (C=O) groups excluding carboxylic acids is 1. The molecule has 0 saturated carbocycles. The van der Waals surface area contributed by atoms with Gasteiger partial charge in [-0.3, -0.25) is 4.79 Å². The molecule has 1 N–H and O–H groups in total. The maximum atomic E-state index is 14.2. The van der Waals surface area contributed by atoms with Crippen LogP contribution in [0.4, 0.5) is 19.3 Å². The minimum absolute atomic E-state index is 0.0490. The maximum Gasteiger partial charge on any atom is 0.420 e.